The van der Waals surface area contributed by atoms with Crippen LogP contribution < -0.4 is 5.73 Å². The van der Waals surface area contributed by atoms with E-state index in [0.717, 1.165) is 42.9 Å². The van der Waals surface area contributed by atoms with E-state index in [1.807, 2.05) is 0 Å². The fourth-order valence-corrected chi connectivity index (χ4v) is 9.54. The summed E-state index contributed by atoms with van der Waals surface area (Å²) in [4.78, 5) is 0. The van der Waals surface area contributed by atoms with E-state index in [1.165, 1.54) is 50.5 Å². The molecule has 190 valence electrons. The molecule has 3 heteroatoms. The second-order valence-electron chi connectivity index (χ2n) is 13.6. The van der Waals surface area contributed by atoms with Gasteiger partial charge in [0.15, 0.2) is 0 Å². The molecule has 3 fully saturated rings. The van der Waals surface area contributed by atoms with E-state index >= 15 is 0 Å². The molecule has 4 aliphatic carbocycles. The molecule has 0 heterocycles. The molecular weight excluding hydrogens is 406 g/mol. The van der Waals surface area contributed by atoms with Gasteiger partial charge in [0, 0.05) is 12.5 Å². The monoisotopic (exact) mass is 459 g/mol. The molecule has 0 radical (unpaired) electrons. The number of hydrogen-bond acceptors (Lipinski definition) is 3. The predicted molar refractivity (Wildman–Crippen MR) is 138 cm³/mol. The maximum atomic E-state index is 10.5. The molecule has 33 heavy (non-hydrogen) atoms. The molecule has 3 nitrogen and oxygen atoms in total. The van der Waals surface area contributed by atoms with Gasteiger partial charge in [0.1, 0.15) is 0 Å². The van der Waals surface area contributed by atoms with Crippen molar-refractivity contribution in [1.29, 1.82) is 0 Å². The van der Waals surface area contributed by atoms with Crippen LogP contribution in [0.4, 0.5) is 0 Å². The van der Waals surface area contributed by atoms with Crippen LogP contribution in [-0.4, -0.2) is 29.5 Å². The first-order valence-corrected chi connectivity index (χ1v) is 14.4. The van der Waals surface area contributed by atoms with Crippen LogP contribution >= 0.6 is 0 Å². The summed E-state index contributed by atoms with van der Waals surface area (Å²) < 4.78 is 0. The van der Waals surface area contributed by atoms with Gasteiger partial charge < -0.3 is 15.9 Å². The number of aliphatic hydroxyl groups is 2. The van der Waals surface area contributed by atoms with E-state index in [0.29, 0.717) is 29.7 Å². The molecular formula is C30H53NO2. The zero-order chi connectivity index (χ0) is 24.0. The Hall–Kier alpha value is -0.380. The van der Waals surface area contributed by atoms with Gasteiger partial charge >= 0.3 is 0 Å². The van der Waals surface area contributed by atoms with Gasteiger partial charge in [-0.3, -0.25) is 0 Å². The quantitative estimate of drug-likeness (QED) is 0.380. The van der Waals surface area contributed by atoms with Crippen LogP contribution in [0, 0.1) is 58.2 Å². The Morgan fingerprint density at radius 2 is 1.79 bits per heavy atom. The average Bonchev–Trinajstić information content (AvgIpc) is 3.12. The molecule has 0 aliphatic heterocycles. The van der Waals surface area contributed by atoms with Crippen LogP contribution in [-0.2, 0) is 0 Å². The lowest BCUT2D eigenvalue weighted by molar-refractivity contribution is -0.0873. The van der Waals surface area contributed by atoms with Gasteiger partial charge in [0.2, 0.25) is 0 Å². The Labute approximate surface area is 204 Å². The lowest BCUT2D eigenvalue weighted by Crippen LogP contribution is -2.55. The Morgan fingerprint density at radius 3 is 2.45 bits per heavy atom. The molecule has 10 atom stereocenters. The van der Waals surface area contributed by atoms with E-state index in [2.05, 4.69) is 40.7 Å². The maximum absolute atomic E-state index is 10.5. The first-order chi connectivity index (χ1) is 15.7. The highest BCUT2D eigenvalue weighted by Gasteiger charge is 2.61. The Morgan fingerprint density at radius 1 is 1.03 bits per heavy atom. The third-order valence-corrected chi connectivity index (χ3v) is 11.5. The zero-order valence-electron chi connectivity index (χ0n) is 22.2. The molecule has 0 amide bonds. The minimum Gasteiger partial charge on any atom is -0.396 e. The van der Waals surface area contributed by atoms with E-state index in [4.69, 9.17) is 5.73 Å². The summed E-state index contributed by atoms with van der Waals surface area (Å²) in [7, 11) is 0. The van der Waals surface area contributed by atoms with Crippen molar-refractivity contribution in [3.63, 3.8) is 0 Å². The van der Waals surface area contributed by atoms with Crippen LogP contribution in [0.25, 0.3) is 0 Å². The van der Waals surface area contributed by atoms with Crippen molar-refractivity contribution in [2.75, 3.05) is 13.2 Å². The summed E-state index contributed by atoms with van der Waals surface area (Å²) >= 11 is 0. The smallest absolute Gasteiger partial charge is 0.0577 e. The van der Waals surface area contributed by atoms with Crippen LogP contribution in [0.1, 0.15) is 98.8 Å². The molecule has 0 bridgehead atoms. The molecule has 1 unspecified atom stereocenters. The highest BCUT2D eigenvalue weighted by Crippen LogP contribution is 2.68. The van der Waals surface area contributed by atoms with Gasteiger partial charge in [-0.15, -0.1) is 0 Å². The summed E-state index contributed by atoms with van der Waals surface area (Å²) in [6.45, 7) is 13.1. The largest absolute Gasteiger partial charge is 0.396 e. The molecule has 4 rings (SSSR count). The van der Waals surface area contributed by atoms with Crippen LogP contribution in [0.3, 0.4) is 0 Å². The highest BCUT2D eigenvalue weighted by molar-refractivity contribution is 5.28. The van der Waals surface area contributed by atoms with E-state index in [9.17, 15) is 10.2 Å². The first-order valence-electron chi connectivity index (χ1n) is 14.4. The molecule has 0 aromatic carbocycles. The number of nitrogens with two attached hydrogens (primary N) is 1. The van der Waals surface area contributed by atoms with Crippen LogP contribution in [0.5, 0.6) is 0 Å². The van der Waals surface area contributed by atoms with Gasteiger partial charge in [-0.05, 0) is 104 Å². The minimum atomic E-state index is -0.191. The van der Waals surface area contributed by atoms with Gasteiger partial charge in [-0.1, -0.05) is 65.5 Å². The van der Waals surface area contributed by atoms with Gasteiger partial charge in [-0.2, -0.15) is 0 Å². The van der Waals surface area contributed by atoms with Crippen LogP contribution in [0.15, 0.2) is 11.6 Å². The fourth-order valence-electron chi connectivity index (χ4n) is 9.54. The van der Waals surface area contributed by atoms with Gasteiger partial charge in [0.25, 0.3) is 0 Å². The van der Waals surface area contributed by atoms with Crippen LogP contribution in [0.2, 0.25) is 0 Å². The second kappa shape index (κ2) is 9.94. The molecule has 0 saturated heterocycles. The van der Waals surface area contributed by atoms with Crippen molar-refractivity contribution >= 4 is 0 Å². The van der Waals surface area contributed by atoms with Crippen molar-refractivity contribution in [2.45, 2.75) is 105 Å². The fraction of sp³-hybridized carbons (Fsp3) is 0.933. The summed E-state index contributed by atoms with van der Waals surface area (Å²) in [6, 6.07) is 0. The summed E-state index contributed by atoms with van der Waals surface area (Å²) in [5.74, 6) is 5.06. The number of allylic oxidation sites excluding steroid dienone is 1. The molecule has 0 aromatic heterocycles. The van der Waals surface area contributed by atoms with E-state index in [1.54, 1.807) is 0 Å². The lowest BCUT2D eigenvalue weighted by atomic mass is 9.44. The number of hydrogen-bond donors (Lipinski definition) is 3. The molecule has 0 spiro atoms. The van der Waals surface area contributed by atoms with Crippen molar-refractivity contribution in [1.82, 2.24) is 0 Å². The van der Waals surface area contributed by atoms with Gasteiger partial charge in [0.05, 0.1) is 6.10 Å². The second-order valence-corrected chi connectivity index (χ2v) is 13.6. The average molecular weight is 460 g/mol. The molecule has 0 aromatic rings. The van der Waals surface area contributed by atoms with Crippen molar-refractivity contribution in [2.24, 2.45) is 63.9 Å². The number of rotatable bonds is 8. The topological polar surface area (TPSA) is 66.5 Å². The van der Waals surface area contributed by atoms with Gasteiger partial charge in [-0.25, -0.2) is 0 Å². The first kappa shape index (κ1) is 25.7. The van der Waals surface area contributed by atoms with E-state index in [-0.39, 0.29) is 24.0 Å². The lowest BCUT2D eigenvalue weighted by Gasteiger charge is -2.61. The normalized spacial score (nSPS) is 44.6. The zero-order valence-corrected chi connectivity index (χ0v) is 22.2. The summed E-state index contributed by atoms with van der Waals surface area (Å²) in [5.41, 5.74) is 8.40. The van der Waals surface area contributed by atoms with Crippen molar-refractivity contribution < 1.29 is 10.2 Å². The SMILES string of the molecule is CC(C)CCC[C@@H](C)[C@H]1CC[C@H]2[C@@H]3[C@@H](C(CN)CO)C=C4C[C@@H](O)CC[C@]4(C)[C@H]3CC[C@]12C. The number of aliphatic hydroxyl groups excluding tert-OH is 2. The van der Waals surface area contributed by atoms with Crippen molar-refractivity contribution in [3.05, 3.63) is 11.6 Å². The Kier molecular flexibility index (Phi) is 7.74. The third-order valence-electron chi connectivity index (χ3n) is 11.5. The Bertz CT molecular complexity index is 699. The molecule has 4 aliphatic rings. The maximum Gasteiger partial charge on any atom is 0.0577 e. The van der Waals surface area contributed by atoms with E-state index < -0.39 is 0 Å². The van der Waals surface area contributed by atoms with Crippen molar-refractivity contribution in [3.8, 4) is 0 Å². The predicted octanol–water partition coefficient (Wildman–Crippen LogP) is 6.18. The summed E-state index contributed by atoms with van der Waals surface area (Å²) in [5, 5.41) is 20.8. The molecule has 4 N–H and O–H groups in total. The standard InChI is InChI=1S/C30H53NO2/c1-19(2)7-6-8-20(3)25-9-10-26-28-24(21(17-31)18-32)16-22-15-23(33)11-13-29(22,4)27(28)12-14-30(25,26)5/h16,19-21,23-28,32-33H,6-15,17-18,31H2,1-5H3/t20-,21?,23+,24-,25-,26+,27+,28+,29+,30-/m1/s1. The summed E-state index contributed by atoms with van der Waals surface area (Å²) in [6.07, 6.45) is 14.8. The highest BCUT2D eigenvalue weighted by atomic mass is 16.3. The third kappa shape index (κ3) is 4.49. The minimum absolute atomic E-state index is 0.151. The molecule has 3 saturated carbocycles. The Balaban J connectivity index is 1.63. The number of fused-ring (bicyclic) bond motifs is 5.